The van der Waals surface area contributed by atoms with Crippen molar-refractivity contribution in [3.8, 4) is 0 Å². The lowest BCUT2D eigenvalue weighted by Gasteiger charge is -2.05. The third-order valence-electron chi connectivity index (χ3n) is 2.99. The molecule has 0 aliphatic rings. The molecule has 2 heterocycles. The fourth-order valence-corrected chi connectivity index (χ4v) is 2.64. The normalized spacial score (nSPS) is 10.7. The molecule has 2 aromatic heterocycles. The van der Waals surface area contributed by atoms with E-state index in [1.807, 2.05) is 31.8 Å². The summed E-state index contributed by atoms with van der Waals surface area (Å²) in [5.74, 6) is 0.0478. The van der Waals surface area contributed by atoms with Crippen LogP contribution in [-0.2, 0) is 13.6 Å². The van der Waals surface area contributed by atoms with Crippen molar-refractivity contribution >= 4 is 22.3 Å². The Labute approximate surface area is 110 Å². The summed E-state index contributed by atoms with van der Waals surface area (Å²) in [7, 11) is 1.91. The minimum absolute atomic E-state index is 0.0478. The fourth-order valence-electron chi connectivity index (χ4n) is 1.80. The molecule has 0 aliphatic heterocycles. The van der Waals surface area contributed by atoms with Crippen molar-refractivity contribution in [1.29, 1.82) is 0 Å². The molecule has 0 amide bonds. The van der Waals surface area contributed by atoms with Crippen LogP contribution in [0.25, 0.3) is 0 Å². The number of hydrogen-bond acceptors (Lipinski definition) is 5. The van der Waals surface area contributed by atoms with Gasteiger partial charge in [0.05, 0.1) is 17.5 Å². The average Bonchev–Trinajstić information content (AvgIpc) is 2.82. The van der Waals surface area contributed by atoms with E-state index < -0.39 is 0 Å². The highest BCUT2D eigenvalue weighted by molar-refractivity contribution is 7.10. The molecule has 0 unspecified atom stereocenters. The molecule has 6 heteroatoms. The molecule has 0 bridgehead atoms. The predicted octanol–water partition coefficient (Wildman–Crippen LogP) is 2.31. The number of anilines is 1. The summed E-state index contributed by atoms with van der Waals surface area (Å²) in [5, 5.41) is 8.29. The summed E-state index contributed by atoms with van der Waals surface area (Å²) in [6.07, 6.45) is 1.84. The molecule has 0 atom stereocenters. The van der Waals surface area contributed by atoms with E-state index in [1.54, 1.807) is 6.92 Å². The third-order valence-corrected chi connectivity index (χ3v) is 3.89. The fraction of sp³-hybridized carbons (Fsp3) is 0.417. The van der Waals surface area contributed by atoms with Crippen molar-refractivity contribution in [2.75, 3.05) is 5.32 Å². The lowest BCUT2D eigenvalue weighted by Crippen LogP contribution is -2.04. The maximum Gasteiger partial charge on any atom is 0.164 e. The molecule has 5 nitrogen and oxygen atoms in total. The minimum atomic E-state index is 0.0478. The molecule has 96 valence electrons. The maximum absolute atomic E-state index is 11.5. The lowest BCUT2D eigenvalue weighted by atomic mass is 10.2. The SMILES string of the molecule is CC(=O)c1c(C)nsc1NCc1cnn(C)c1C. The number of hydrogen-bond donors (Lipinski definition) is 1. The number of aromatic nitrogens is 3. The standard InChI is InChI=1S/C12H16N4OS/c1-7-11(9(3)17)12(18-15-7)13-5-10-6-14-16(4)8(10)2/h6,13H,5H2,1-4H3. The summed E-state index contributed by atoms with van der Waals surface area (Å²) < 4.78 is 6.05. The van der Waals surface area contributed by atoms with E-state index in [0.717, 1.165) is 22.0 Å². The Morgan fingerprint density at radius 2 is 2.22 bits per heavy atom. The number of ketones is 1. The van der Waals surface area contributed by atoms with Crippen molar-refractivity contribution in [1.82, 2.24) is 14.2 Å². The van der Waals surface area contributed by atoms with Gasteiger partial charge in [0.1, 0.15) is 5.00 Å². The second-order valence-corrected chi connectivity index (χ2v) is 5.03. The summed E-state index contributed by atoms with van der Waals surface area (Å²) in [4.78, 5) is 11.5. The number of carbonyl (C=O) groups is 1. The van der Waals surface area contributed by atoms with Gasteiger partial charge in [0.15, 0.2) is 5.78 Å². The van der Waals surface area contributed by atoms with E-state index in [2.05, 4.69) is 14.8 Å². The minimum Gasteiger partial charge on any atom is -0.371 e. The number of rotatable bonds is 4. The molecule has 0 spiro atoms. The highest BCUT2D eigenvalue weighted by atomic mass is 32.1. The Morgan fingerprint density at radius 3 is 2.78 bits per heavy atom. The van der Waals surface area contributed by atoms with E-state index in [0.29, 0.717) is 12.1 Å². The van der Waals surface area contributed by atoms with Crippen LogP contribution in [0, 0.1) is 13.8 Å². The first-order chi connectivity index (χ1) is 8.50. The van der Waals surface area contributed by atoms with Crippen LogP contribution in [0.1, 0.15) is 34.2 Å². The van der Waals surface area contributed by atoms with Gasteiger partial charge in [-0.2, -0.15) is 9.47 Å². The van der Waals surface area contributed by atoms with Gasteiger partial charge in [-0.25, -0.2) is 0 Å². The first-order valence-electron chi connectivity index (χ1n) is 5.69. The molecule has 2 rings (SSSR count). The molecular formula is C12H16N4OS. The topological polar surface area (TPSA) is 59.8 Å². The second-order valence-electron chi connectivity index (χ2n) is 4.26. The van der Waals surface area contributed by atoms with E-state index in [9.17, 15) is 4.79 Å². The Kier molecular flexibility index (Phi) is 3.47. The largest absolute Gasteiger partial charge is 0.371 e. The highest BCUT2D eigenvalue weighted by Crippen LogP contribution is 2.25. The van der Waals surface area contributed by atoms with Gasteiger partial charge in [0, 0.05) is 24.8 Å². The van der Waals surface area contributed by atoms with E-state index in [4.69, 9.17) is 0 Å². The molecule has 0 saturated heterocycles. The number of Topliss-reactive ketones (excluding diaryl/α,β-unsaturated/α-hetero) is 1. The number of carbonyl (C=O) groups excluding carboxylic acids is 1. The molecule has 0 aromatic carbocycles. The maximum atomic E-state index is 11.5. The molecule has 1 N–H and O–H groups in total. The molecule has 2 aromatic rings. The summed E-state index contributed by atoms with van der Waals surface area (Å²) in [6.45, 7) is 6.10. The van der Waals surface area contributed by atoms with Gasteiger partial charge < -0.3 is 5.32 Å². The average molecular weight is 264 g/mol. The summed E-state index contributed by atoms with van der Waals surface area (Å²) in [6, 6.07) is 0. The summed E-state index contributed by atoms with van der Waals surface area (Å²) in [5.41, 5.74) is 3.73. The third kappa shape index (κ3) is 2.28. The van der Waals surface area contributed by atoms with Crippen LogP contribution in [0.3, 0.4) is 0 Å². The number of nitrogens with zero attached hydrogens (tertiary/aromatic N) is 3. The quantitative estimate of drug-likeness (QED) is 0.861. The summed E-state index contributed by atoms with van der Waals surface area (Å²) >= 11 is 1.33. The van der Waals surface area contributed by atoms with Crippen molar-refractivity contribution < 1.29 is 4.79 Å². The van der Waals surface area contributed by atoms with Gasteiger partial charge in [-0.15, -0.1) is 0 Å². The molecule has 0 aliphatic carbocycles. The number of nitrogens with one attached hydrogen (secondary N) is 1. The van der Waals surface area contributed by atoms with Crippen LogP contribution < -0.4 is 5.32 Å². The van der Waals surface area contributed by atoms with Gasteiger partial charge >= 0.3 is 0 Å². The van der Waals surface area contributed by atoms with Crippen molar-refractivity contribution in [2.24, 2.45) is 7.05 Å². The van der Waals surface area contributed by atoms with Gasteiger partial charge in [0.2, 0.25) is 0 Å². The molecule has 0 fully saturated rings. The van der Waals surface area contributed by atoms with Crippen LogP contribution in [-0.4, -0.2) is 19.9 Å². The first-order valence-corrected chi connectivity index (χ1v) is 6.46. The van der Waals surface area contributed by atoms with Crippen molar-refractivity contribution in [3.05, 3.63) is 28.7 Å². The van der Waals surface area contributed by atoms with Crippen LogP contribution in [0.15, 0.2) is 6.20 Å². The zero-order valence-corrected chi connectivity index (χ0v) is 11.8. The van der Waals surface area contributed by atoms with E-state index in [-0.39, 0.29) is 5.78 Å². The van der Waals surface area contributed by atoms with Crippen molar-refractivity contribution in [3.63, 3.8) is 0 Å². The smallest absolute Gasteiger partial charge is 0.164 e. The zero-order valence-electron chi connectivity index (χ0n) is 10.9. The first kappa shape index (κ1) is 12.8. The zero-order chi connectivity index (χ0) is 13.3. The Bertz CT molecular complexity index is 585. The van der Waals surface area contributed by atoms with E-state index >= 15 is 0 Å². The second kappa shape index (κ2) is 4.89. The van der Waals surface area contributed by atoms with Gasteiger partial charge in [0.25, 0.3) is 0 Å². The molecule has 0 radical (unpaired) electrons. The van der Waals surface area contributed by atoms with Crippen molar-refractivity contribution in [2.45, 2.75) is 27.3 Å². The van der Waals surface area contributed by atoms with Crippen LogP contribution in [0.2, 0.25) is 0 Å². The Morgan fingerprint density at radius 1 is 1.50 bits per heavy atom. The van der Waals surface area contributed by atoms with Gasteiger partial charge in [-0.1, -0.05) is 0 Å². The lowest BCUT2D eigenvalue weighted by molar-refractivity contribution is 0.101. The predicted molar refractivity (Wildman–Crippen MR) is 72.1 cm³/mol. The van der Waals surface area contributed by atoms with Crippen LogP contribution in [0.5, 0.6) is 0 Å². The van der Waals surface area contributed by atoms with Gasteiger partial charge in [-0.3, -0.25) is 9.48 Å². The van der Waals surface area contributed by atoms with Crippen LogP contribution in [0.4, 0.5) is 5.00 Å². The van der Waals surface area contributed by atoms with Crippen LogP contribution >= 0.6 is 11.5 Å². The monoisotopic (exact) mass is 264 g/mol. The Balaban J connectivity index is 2.16. The highest BCUT2D eigenvalue weighted by Gasteiger charge is 2.15. The molecular weight excluding hydrogens is 248 g/mol. The van der Waals surface area contributed by atoms with Gasteiger partial charge in [-0.05, 0) is 32.3 Å². The molecule has 0 saturated carbocycles. The molecule has 18 heavy (non-hydrogen) atoms. The number of aryl methyl sites for hydroxylation is 2. The Hall–Kier alpha value is -1.69. The van der Waals surface area contributed by atoms with E-state index in [1.165, 1.54) is 11.5 Å².